The fourth-order valence-corrected chi connectivity index (χ4v) is 3.24. The van der Waals surface area contributed by atoms with Crippen LogP contribution in [0.15, 0.2) is 66.2 Å². The topological polar surface area (TPSA) is 46.4 Å². The number of carbonyl (C=O) groups is 1. The van der Waals surface area contributed by atoms with Crippen LogP contribution in [0.4, 0.5) is 10.2 Å². The van der Waals surface area contributed by atoms with Gasteiger partial charge in [0.1, 0.15) is 17.3 Å². The first-order chi connectivity index (χ1) is 11.7. The molecule has 0 spiro atoms. The van der Waals surface area contributed by atoms with Gasteiger partial charge in [0, 0.05) is 17.1 Å². The Morgan fingerprint density at radius 1 is 1.08 bits per heavy atom. The standard InChI is InChI=1S/C18H12FN3OS/c19-14-9-5-4-8-13(14)17(23)21-16-15(12-6-2-1-3-7-12)20-18-22(16)10-11-24-18/h1-11H,(H,21,23). The fourth-order valence-electron chi connectivity index (χ4n) is 2.52. The first-order valence-corrected chi connectivity index (χ1v) is 8.19. The Kier molecular flexibility index (Phi) is 3.59. The molecule has 0 atom stereocenters. The van der Waals surface area contributed by atoms with Gasteiger partial charge in [-0.15, -0.1) is 11.3 Å². The van der Waals surface area contributed by atoms with E-state index >= 15 is 0 Å². The van der Waals surface area contributed by atoms with Crippen molar-refractivity contribution in [1.29, 1.82) is 0 Å². The van der Waals surface area contributed by atoms with E-state index in [-0.39, 0.29) is 5.56 Å². The normalized spacial score (nSPS) is 10.9. The van der Waals surface area contributed by atoms with Gasteiger partial charge in [0.2, 0.25) is 0 Å². The van der Waals surface area contributed by atoms with E-state index in [9.17, 15) is 9.18 Å². The van der Waals surface area contributed by atoms with Gasteiger partial charge in [-0.2, -0.15) is 0 Å². The molecular weight excluding hydrogens is 325 g/mol. The van der Waals surface area contributed by atoms with E-state index in [0.29, 0.717) is 11.5 Å². The first kappa shape index (κ1) is 14.6. The highest BCUT2D eigenvalue weighted by Gasteiger charge is 2.19. The van der Waals surface area contributed by atoms with Crippen molar-refractivity contribution in [2.24, 2.45) is 0 Å². The Morgan fingerprint density at radius 3 is 2.62 bits per heavy atom. The second-order valence-corrected chi connectivity index (χ2v) is 6.04. The number of halogens is 1. The van der Waals surface area contributed by atoms with E-state index in [1.807, 2.05) is 41.9 Å². The number of carbonyl (C=O) groups excluding carboxylic acids is 1. The van der Waals surface area contributed by atoms with Gasteiger partial charge in [-0.3, -0.25) is 9.20 Å². The number of rotatable bonds is 3. The van der Waals surface area contributed by atoms with Gasteiger partial charge in [0.05, 0.1) is 5.56 Å². The summed E-state index contributed by atoms with van der Waals surface area (Å²) in [5.41, 5.74) is 1.55. The van der Waals surface area contributed by atoms with Gasteiger partial charge >= 0.3 is 0 Å². The van der Waals surface area contributed by atoms with E-state index in [0.717, 1.165) is 10.5 Å². The quantitative estimate of drug-likeness (QED) is 0.600. The molecule has 2 aromatic carbocycles. The third-order valence-electron chi connectivity index (χ3n) is 3.66. The molecule has 6 heteroatoms. The molecule has 4 nitrogen and oxygen atoms in total. The van der Waals surface area contributed by atoms with Crippen molar-refractivity contribution in [2.45, 2.75) is 0 Å². The van der Waals surface area contributed by atoms with Crippen LogP contribution in [0, 0.1) is 5.82 Å². The zero-order valence-corrected chi connectivity index (χ0v) is 13.3. The number of imidazole rings is 1. The lowest BCUT2D eigenvalue weighted by Crippen LogP contribution is -2.15. The Hall–Kier alpha value is -2.99. The minimum atomic E-state index is -0.553. The molecule has 0 aliphatic rings. The van der Waals surface area contributed by atoms with Crippen LogP contribution in [0.2, 0.25) is 0 Å². The second-order valence-electron chi connectivity index (χ2n) is 5.16. The summed E-state index contributed by atoms with van der Waals surface area (Å²) < 4.78 is 15.7. The lowest BCUT2D eigenvalue weighted by atomic mass is 10.1. The molecule has 0 bridgehead atoms. The summed E-state index contributed by atoms with van der Waals surface area (Å²) in [6.45, 7) is 0. The third kappa shape index (κ3) is 2.47. The molecule has 0 saturated carbocycles. The number of thiazole rings is 1. The van der Waals surface area contributed by atoms with Crippen LogP contribution in [0.1, 0.15) is 10.4 Å². The Labute approximate surface area is 141 Å². The van der Waals surface area contributed by atoms with Crippen LogP contribution in [0.25, 0.3) is 16.2 Å². The summed E-state index contributed by atoms with van der Waals surface area (Å²) in [6, 6.07) is 15.5. The van der Waals surface area contributed by atoms with Gasteiger partial charge in [0.25, 0.3) is 5.91 Å². The number of fused-ring (bicyclic) bond motifs is 1. The fraction of sp³-hybridized carbons (Fsp3) is 0. The van der Waals surface area contributed by atoms with Crippen molar-refractivity contribution >= 4 is 28.0 Å². The lowest BCUT2D eigenvalue weighted by molar-refractivity contribution is 0.102. The molecule has 2 heterocycles. The summed E-state index contributed by atoms with van der Waals surface area (Å²) in [6.07, 6.45) is 1.83. The van der Waals surface area contributed by atoms with Gasteiger partial charge < -0.3 is 5.32 Å². The minimum Gasteiger partial charge on any atom is -0.306 e. The molecule has 24 heavy (non-hydrogen) atoms. The van der Waals surface area contributed by atoms with Crippen LogP contribution in [0.3, 0.4) is 0 Å². The van der Waals surface area contributed by atoms with Gasteiger partial charge in [-0.05, 0) is 12.1 Å². The molecule has 0 saturated heterocycles. The van der Waals surface area contributed by atoms with E-state index < -0.39 is 11.7 Å². The van der Waals surface area contributed by atoms with E-state index in [1.54, 1.807) is 16.5 Å². The molecule has 2 aromatic heterocycles. The molecule has 0 unspecified atom stereocenters. The molecule has 0 fully saturated rings. The van der Waals surface area contributed by atoms with Crippen LogP contribution >= 0.6 is 11.3 Å². The maximum atomic E-state index is 13.9. The van der Waals surface area contributed by atoms with Crippen LogP contribution in [-0.2, 0) is 0 Å². The van der Waals surface area contributed by atoms with Crippen LogP contribution in [0.5, 0.6) is 0 Å². The maximum absolute atomic E-state index is 13.9. The Balaban J connectivity index is 1.80. The Morgan fingerprint density at radius 2 is 1.83 bits per heavy atom. The van der Waals surface area contributed by atoms with Gasteiger partial charge in [-0.1, -0.05) is 42.5 Å². The predicted molar refractivity (Wildman–Crippen MR) is 92.9 cm³/mol. The van der Waals surface area contributed by atoms with Gasteiger partial charge in [0.15, 0.2) is 4.96 Å². The van der Waals surface area contributed by atoms with Crippen molar-refractivity contribution in [1.82, 2.24) is 9.38 Å². The second kappa shape index (κ2) is 5.90. The molecule has 118 valence electrons. The molecule has 0 aliphatic carbocycles. The summed E-state index contributed by atoms with van der Waals surface area (Å²) in [7, 11) is 0. The Bertz CT molecular complexity index is 1020. The van der Waals surface area contributed by atoms with Crippen LogP contribution < -0.4 is 5.32 Å². The number of hydrogen-bond donors (Lipinski definition) is 1. The minimum absolute atomic E-state index is 0.00157. The number of aromatic nitrogens is 2. The van der Waals surface area contributed by atoms with E-state index in [1.165, 1.54) is 23.5 Å². The van der Waals surface area contributed by atoms with Crippen molar-refractivity contribution in [2.75, 3.05) is 5.32 Å². The van der Waals surface area contributed by atoms with Crippen molar-refractivity contribution in [3.05, 3.63) is 77.6 Å². The average molecular weight is 337 g/mol. The third-order valence-corrected chi connectivity index (χ3v) is 4.42. The molecular formula is C18H12FN3OS. The summed E-state index contributed by atoms with van der Waals surface area (Å²) >= 11 is 1.47. The summed E-state index contributed by atoms with van der Waals surface area (Å²) in [5, 5.41) is 4.69. The SMILES string of the molecule is O=C(Nc1c(-c2ccccc2)nc2sccn12)c1ccccc1F. The van der Waals surface area contributed by atoms with Crippen LogP contribution in [-0.4, -0.2) is 15.3 Å². The molecule has 0 radical (unpaired) electrons. The molecule has 1 amide bonds. The number of nitrogens with one attached hydrogen (secondary N) is 1. The van der Waals surface area contributed by atoms with Gasteiger partial charge in [-0.25, -0.2) is 9.37 Å². The predicted octanol–water partition coefficient (Wildman–Crippen LogP) is 4.45. The van der Waals surface area contributed by atoms with E-state index in [2.05, 4.69) is 10.3 Å². The monoisotopic (exact) mass is 337 g/mol. The lowest BCUT2D eigenvalue weighted by Gasteiger charge is -2.07. The van der Waals surface area contributed by atoms with Crippen molar-refractivity contribution < 1.29 is 9.18 Å². The number of nitrogens with zero attached hydrogens (tertiary/aromatic N) is 2. The largest absolute Gasteiger partial charge is 0.306 e. The zero-order chi connectivity index (χ0) is 16.5. The van der Waals surface area contributed by atoms with Crippen molar-refractivity contribution in [3.8, 4) is 11.3 Å². The first-order valence-electron chi connectivity index (χ1n) is 7.31. The highest BCUT2D eigenvalue weighted by atomic mass is 32.1. The van der Waals surface area contributed by atoms with E-state index in [4.69, 9.17) is 0 Å². The number of benzene rings is 2. The van der Waals surface area contributed by atoms with Crippen molar-refractivity contribution in [3.63, 3.8) is 0 Å². The summed E-state index contributed by atoms with van der Waals surface area (Å²) in [4.78, 5) is 17.8. The highest BCUT2D eigenvalue weighted by molar-refractivity contribution is 7.15. The molecule has 0 aliphatic heterocycles. The number of anilines is 1. The number of amides is 1. The highest BCUT2D eigenvalue weighted by Crippen LogP contribution is 2.31. The molecule has 1 N–H and O–H groups in total. The molecule has 4 rings (SSSR count). The summed E-state index contributed by atoms with van der Waals surface area (Å²) in [5.74, 6) is -0.522. The number of hydrogen-bond acceptors (Lipinski definition) is 3. The average Bonchev–Trinajstić information content (AvgIpc) is 3.19. The zero-order valence-electron chi connectivity index (χ0n) is 12.4. The smallest absolute Gasteiger partial charge is 0.259 e. The molecule has 4 aromatic rings. The maximum Gasteiger partial charge on any atom is 0.259 e.